The number of benzene rings is 1. The quantitative estimate of drug-likeness (QED) is 0.677. The van der Waals surface area contributed by atoms with E-state index in [2.05, 4.69) is 33.4 Å². The number of piperidine rings is 2. The number of pyridine rings is 1. The number of aliphatic hydroxyl groups is 1. The number of nitrogens with zero attached hydrogens (tertiary/aromatic N) is 4. The van der Waals surface area contributed by atoms with Crippen molar-refractivity contribution >= 4 is 17.6 Å². The fourth-order valence-electron chi connectivity index (χ4n) is 5.73. The minimum atomic E-state index is -0.693. The second-order valence-corrected chi connectivity index (χ2v) is 10.1. The summed E-state index contributed by atoms with van der Waals surface area (Å²) in [6, 6.07) is 9.94. The van der Waals surface area contributed by atoms with Gasteiger partial charge in [0.15, 0.2) is 5.82 Å². The lowest BCUT2D eigenvalue weighted by Crippen LogP contribution is -2.56. The van der Waals surface area contributed by atoms with Crippen LogP contribution >= 0.6 is 0 Å². The van der Waals surface area contributed by atoms with E-state index in [0.29, 0.717) is 31.9 Å². The zero-order valence-corrected chi connectivity index (χ0v) is 20.7. The van der Waals surface area contributed by atoms with Crippen LogP contribution < -0.4 is 5.32 Å². The number of anilines is 1. The Labute approximate surface area is 211 Å². The van der Waals surface area contributed by atoms with Crippen molar-refractivity contribution in [1.29, 1.82) is 0 Å². The van der Waals surface area contributed by atoms with Crippen molar-refractivity contribution in [1.82, 2.24) is 19.7 Å². The molecule has 0 spiro atoms. The largest absolute Gasteiger partial charge is 0.390 e. The van der Waals surface area contributed by atoms with Gasteiger partial charge in [-0.15, -0.1) is 0 Å². The third-order valence-corrected chi connectivity index (χ3v) is 7.84. The van der Waals surface area contributed by atoms with E-state index in [0.717, 1.165) is 38.5 Å². The number of halogens is 1. The van der Waals surface area contributed by atoms with E-state index < -0.39 is 17.8 Å². The third-order valence-electron chi connectivity index (χ3n) is 7.84. The molecule has 3 aliphatic rings. The van der Waals surface area contributed by atoms with Gasteiger partial charge >= 0.3 is 0 Å². The van der Waals surface area contributed by atoms with Crippen LogP contribution in [0.4, 0.5) is 10.2 Å². The summed E-state index contributed by atoms with van der Waals surface area (Å²) in [6.07, 6.45) is 3.51. The number of fused-ring (bicyclic) bond motifs is 1. The molecular weight excluding hydrogens is 461 g/mol. The highest BCUT2D eigenvalue weighted by Gasteiger charge is 2.36. The van der Waals surface area contributed by atoms with Gasteiger partial charge in [-0.1, -0.05) is 24.3 Å². The van der Waals surface area contributed by atoms with Gasteiger partial charge in [0.25, 0.3) is 5.91 Å². The van der Waals surface area contributed by atoms with Crippen molar-refractivity contribution in [3.8, 4) is 0 Å². The number of β-amino-alcohol motifs (C(OH)–C–C–N with tert-alkyl or cyclic N) is 1. The molecule has 2 atom stereocenters. The first kappa shape index (κ1) is 24.6. The Morgan fingerprint density at radius 2 is 1.78 bits per heavy atom. The summed E-state index contributed by atoms with van der Waals surface area (Å²) < 4.78 is 14.6. The number of rotatable bonds is 4. The number of carbonyl (C=O) groups excluding carboxylic acids is 2. The highest BCUT2D eigenvalue weighted by molar-refractivity contribution is 5.95. The zero-order valence-electron chi connectivity index (χ0n) is 20.7. The molecule has 0 saturated carbocycles. The summed E-state index contributed by atoms with van der Waals surface area (Å²) in [5.74, 6) is -0.576. The summed E-state index contributed by atoms with van der Waals surface area (Å²) in [5, 5.41) is 14.2. The van der Waals surface area contributed by atoms with Gasteiger partial charge in [0.1, 0.15) is 5.82 Å². The Hall–Kier alpha value is -3.04. The number of aliphatic hydroxyl groups excluding tert-OH is 1. The molecule has 0 unspecified atom stereocenters. The minimum absolute atomic E-state index is 0.0252. The number of nitrogens with one attached hydrogen (secondary N) is 1. The lowest BCUT2D eigenvalue weighted by Gasteiger charge is -2.43. The van der Waals surface area contributed by atoms with Gasteiger partial charge in [-0.2, -0.15) is 0 Å². The van der Waals surface area contributed by atoms with Crippen molar-refractivity contribution < 1.29 is 19.1 Å². The number of hydrogen-bond acceptors (Lipinski definition) is 6. The van der Waals surface area contributed by atoms with Crippen LogP contribution in [-0.2, 0) is 17.8 Å². The molecule has 8 nitrogen and oxygen atoms in total. The van der Waals surface area contributed by atoms with Crippen LogP contribution in [0.5, 0.6) is 0 Å². The Bertz CT molecular complexity index is 1120. The summed E-state index contributed by atoms with van der Waals surface area (Å²) in [6.45, 7) is 5.21. The van der Waals surface area contributed by atoms with Crippen LogP contribution in [0.25, 0.3) is 0 Å². The predicted molar refractivity (Wildman–Crippen MR) is 134 cm³/mol. The fourth-order valence-corrected chi connectivity index (χ4v) is 5.73. The second kappa shape index (κ2) is 10.5. The van der Waals surface area contributed by atoms with E-state index in [4.69, 9.17) is 0 Å². The Balaban J connectivity index is 1.20. The van der Waals surface area contributed by atoms with Crippen molar-refractivity contribution in [2.45, 2.75) is 57.3 Å². The molecule has 0 bridgehead atoms. The summed E-state index contributed by atoms with van der Waals surface area (Å²) >= 11 is 0. The maximum absolute atomic E-state index is 14.6. The molecule has 192 valence electrons. The van der Waals surface area contributed by atoms with Crippen molar-refractivity contribution in [3.05, 3.63) is 59.0 Å². The average molecular weight is 496 g/mol. The molecule has 2 N–H and O–H groups in total. The van der Waals surface area contributed by atoms with E-state index in [1.807, 2.05) is 11.0 Å². The van der Waals surface area contributed by atoms with Gasteiger partial charge in [0.05, 0.1) is 17.9 Å². The van der Waals surface area contributed by atoms with Crippen LogP contribution in [0.15, 0.2) is 36.5 Å². The van der Waals surface area contributed by atoms with Crippen LogP contribution in [-0.4, -0.2) is 87.5 Å². The molecule has 0 aliphatic carbocycles. The van der Waals surface area contributed by atoms with Gasteiger partial charge in [-0.05, 0) is 42.9 Å². The first-order valence-corrected chi connectivity index (χ1v) is 12.8. The van der Waals surface area contributed by atoms with E-state index in [9.17, 15) is 19.1 Å². The van der Waals surface area contributed by atoms with Crippen LogP contribution in [0, 0.1) is 5.82 Å². The first-order valence-electron chi connectivity index (χ1n) is 12.8. The summed E-state index contributed by atoms with van der Waals surface area (Å²) in [5.41, 5.74) is 2.62. The number of likely N-dealkylation sites (tertiary alicyclic amines) is 2. The maximum atomic E-state index is 14.6. The van der Waals surface area contributed by atoms with E-state index in [1.54, 1.807) is 11.8 Å². The molecular formula is C27H34FN5O3. The lowest BCUT2D eigenvalue weighted by molar-refractivity contribution is -0.129. The molecule has 2 aromatic rings. The first-order chi connectivity index (χ1) is 17.4. The van der Waals surface area contributed by atoms with E-state index >= 15 is 0 Å². The molecule has 2 fully saturated rings. The third kappa shape index (κ3) is 5.22. The van der Waals surface area contributed by atoms with E-state index in [-0.39, 0.29) is 30.1 Å². The topological polar surface area (TPSA) is 89.0 Å². The Morgan fingerprint density at radius 1 is 1.06 bits per heavy atom. The Kier molecular flexibility index (Phi) is 7.20. The molecule has 0 radical (unpaired) electrons. The summed E-state index contributed by atoms with van der Waals surface area (Å²) in [7, 11) is 0. The number of aromatic nitrogens is 1. The normalized spacial score (nSPS) is 23.3. The highest BCUT2D eigenvalue weighted by Crippen LogP contribution is 2.26. The molecule has 36 heavy (non-hydrogen) atoms. The van der Waals surface area contributed by atoms with Gasteiger partial charge < -0.3 is 20.2 Å². The molecule has 1 aromatic carbocycles. The van der Waals surface area contributed by atoms with Gasteiger partial charge in [-0.3, -0.25) is 14.5 Å². The highest BCUT2D eigenvalue weighted by atomic mass is 19.1. The molecule has 9 heteroatoms. The smallest absolute Gasteiger partial charge is 0.257 e. The molecule has 3 aliphatic heterocycles. The van der Waals surface area contributed by atoms with Crippen LogP contribution in [0.3, 0.4) is 0 Å². The average Bonchev–Trinajstić information content (AvgIpc) is 2.89. The SMILES string of the molecule is CC(=O)N1CCC(Nc2cc(C(=O)N3CC[C@@H](N4CCc5ccccc5C4)[C@H](O)C3)c(F)cn2)CC1. The van der Waals surface area contributed by atoms with Crippen molar-refractivity contribution in [2.24, 2.45) is 0 Å². The van der Waals surface area contributed by atoms with Gasteiger partial charge in [-0.25, -0.2) is 9.37 Å². The monoisotopic (exact) mass is 495 g/mol. The predicted octanol–water partition coefficient (Wildman–Crippen LogP) is 2.28. The van der Waals surface area contributed by atoms with Crippen molar-refractivity contribution in [2.75, 3.05) is 38.0 Å². The van der Waals surface area contributed by atoms with Gasteiger partial charge in [0.2, 0.25) is 5.91 Å². The molecule has 2 amide bonds. The standard InChI is InChI=1S/C27H34FN5O3/c1-18(34)31-11-7-21(8-12-31)30-26-14-22(23(28)15-29-26)27(36)33-13-9-24(25(35)17-33)32-10-6-19-4-2-3-5-20(19)16-32/h2-5,14-15,21,24-25,35H,6-13,16-17H2,1H3,(H,29,30)/t24-,25-/m1/s1. The van der Waals surface area contributed by atoms with Crippen LogP contribution in [0.2, 0.25) is 0 Å². The van der Waals surface area contributed by atoms with Crippen LogP contribution in [0.1, 0.15) is 47.7 Å². The van der Waals surface area contributed by atoms with E-state index in [1.165, 1.54) is 17.2 Å². The number of carbonyl (C=O) groups is 2. The molecule has 2 saturated heterocycles. The van der Waals surface area contributed by atoms with Gasteiger partial charge in [0, 0.05) is 58.3 Å². The lowest BCUT2D eigenvalue weighted by atomic mass is 9.94. The minimum Gasteiger partial charge on any atom is -0.390 e. The maximum Gasteiger partial charge on any atom is 0.257 e. The number of hydrogen-bond donors (Lipinski definition) is 2. The van der Waals surface area contributed by atoms with Crippen molar-refractivity contribution in [3.63, 3.8) is 0 Å². The molecule has 5 rings (SSSR count). The Morgan fingerprint density at radius 3 is 2.50 bits per heavy atom. The molecule has 4 heterocycles. The molecule has 1 aromatic heterocycles. The fraction of sp³-hybridized carbons (Fsp3) is 0.519. The second-order valence-electron chi connectivity index (χ2n) is 10.1. The number of amides is 2. The zero-order chi connectivity index (χ0) is 25.2. The summed E-state index contributed by atoms with van der Waals surface area (Å²) in [4.78, 5) is 34.6.